The molecule has 1 aromatic carbocycles. The second-order valence-electron chi connectivity index (χ2n) is 6.21. The number of ether oxygens (including phenoxy) is 1. The Kier molecular flexibility index (Phi) is 6.21. The summed E-state index contributed by atoms with van der Waals surface area (Å²) in [4.78, 5) is 11.9. The minimum Gasteiger partial charge on any atom is -0.389 e. The van der Waals surface area contributed by atoms with Crippen molar-refractivity contribution in [2.24, 2.45) is 5.92 Å². The second kappa shape index (κ2) is 8.15. The van der Waals surface area contributed by atoms with Gasteiger partial charge in [-0.05, 0) is 36.3 Å². The van der Waals surface area contributed by atoms with Crippen LogP contribution in [-0.2, 0) is 4.74 Å². The molecule has 1 fully saturated rings. The van der Waals surface area contributed by atoms with E-state index in [4.69, 9.17) is 4.74 Å². The van der Waals surface area contributed by atoms with Crippen molar-refractivity contribution in [3.8, 4) is 0 Å². The topological polar surface area (TPSA) is 70.6 Å². The summed E-state index contributed by atoms with van der Waals surface area (Å²) in [7, 11) is 0. The van der Waals surface area contributed by atoms with Gasteiger partial charge in [0.05, 0.1) is 12.7 Å². The predicted molar refractivity (Wildman–Crippen MR) is 87.1 cm³/mol. The van der Waals surface area contributed by atoms with Gasteiger partial charge in [0.2, 0.25) is 0 Å². The third-order valence-electron chi connectivity index (χ3n) is 3.69. The van der Waals surface area contributed by atoms with E-state index in [-0.39, 0.29) is 19.2 Å². The Morgan fingerprint density at radius 2 is 2.09 bits per heavy atom. The Bertz CT molecular complexity index is 487. The van der Waals surface area contributed by atoms with Gasteiger partial charge in [-0.2, -0.15) is 0 Å². The number of benzene rings is 1. The van der Waals surface area contributed by atoms with Crippen molar-refractivity contribution in [3.05, 3.63) is 29.8 Å². The van der Waals surface area contributed by atoms with E-state index in [9.17, 15) is 9.90 Å². The van der Waals surface area contributed by atoms with Crippen LogP contribution in [0.25, 0.3) is 0 Å². The summed E-state index contributed by atoms with van der Waals surface area (Å²) in [5.41, 5.74) is 1.89. The number of anilines is 1. The molecular weight excluding hydrogens is 280 g/mol. The Balaban J connectivity index is 1.70. The molecule has 1 aromatic rings. The lowest BCUT2D eigenvalue weighted by molar-refractivity contribution is 0.0339. The van der Waals surface area contributed by atoms with Crippen LogP contribution >= 0.6 is 0 Å². The van der Waals surface area contributed by atoms with E-state index in [2.05, 4.69) is 24.5 Å². The van der Waals surface area contributed by atoms with Crippen molar-refractivity contribution < 1.29 is 14.6 Å². The number of para-hydroxylation sites is 1. The SMILES string of the molecule is CC(C)c1ccccc1NC(=O)NCC(O)COCC1CC1. The molecule has 5 heteroatoms. The van der Waals surface area contributed by atoms with Crippen LogP contribution in [0.1, 0.15) is 38.2 Å². The first-order valence-electron chi connectivity index (χ1n) is 7.96. The zero-order valence-electron chi connectivity index (χ0n) is 13.3. The molecule has 0 saturated heterocycles. The highest BCUT2D eigenvalue weighted by atomic mass is 16.5. The fourth-order valence-corrected chi connectivity index (χ4v) is 2.21. The zero-order valence-corrected chi connectivity index (χ0v) is 13.3. The number of amides is 2. The van der Waals surface area contributed by atoms with Crippen molar-refractivity contribution in [1.29, 1.82) is 0 Å². The van der Waals surface area contributed by atoms with Gasteiger partial charge in [-0.25, -0.2) is 4.79 Å². The largest absolute Gasteiger partial charge is 0.389 e. The number of carbonyl (C=O) groups excluding carboxylic acids is 1. The van der Waals surface area contributed by atoms with E-state index in [0.29, 0.717) is 18.4 Å². The van der Waals surface area contributed by atoms with Crippen molar-refractivity contribution in [3.63, 3.8) is 0 Å². The summed E-state index contributed by atoms with van der Waals surface area (Å²) in [6.07, 6.45) is 1.78. The van der Waals surface area contributed by atoms with Gasteiger partial charge < -0.3 is 20.5 Å². The van der Waals surface area contributed by atoms with Gasteiger partial charge >= 0.3 is 6.03 Å². The van der Waals surface area contributed by atoms with Crippen LogP contribution in [0.5, 0.6) is 0 Å². The highest BCUT2D eigenvalue weighted by molar-refractivity contribution is 5.90. The lowest BCUT2D eigenvalue weighted by Crippen LogP contribution is -2.37. The molecule has 0 aromatic heterocycles. The van der Waals surface area contributed by atoms with E-state index >= 15 is 0 Å². The maximum Gasteiger partial charge on any atom is 0.319 e. The highest BCUT2D eigenvalue weighted by Crippen LogP contribution is 2.28. The lowest BCUT2D eigenvalue weighted by atomic mass is 10.0. The number of urea groups is 1. The molecule has 0 heterocycles. The van der Waals surface area contributed by atoms with E-state index in [1.54, 1.807) is 0 Å². The molecule has 0 bridgehead atoms. The van der Waals surface area contributed by atoms with Gasteiger partial charge in [-0.3, -0.25) is 0 Å². The first kappa shape index (κ1) is 16.8. The number of aliphatic hydroxyl groups excluding tert-OH is 1. The monoisotopic (exact) mass is 306 g/mol. The summed E-state index contributed by atoms with van der Waals surface area (Å²) >= 11 is 0. The maximum atomic E-state index is 11.9. The van der Waals surface area contributed by atoms with Crippen LogP contribution in [0.3, 0.4) is 0 Å². The molecule has 0 aliphatic heterocycles. The zero-order chi connectivity index (χ0) is 15.9. The minimum absolute atomic E-state index is 0.181. The first-order chi connectivity index (χ1) is 10.6. The van der Waals surface area contributed by atoms with Crippen LogP contribution in [-0.4, -0.2) is 37.0 Å². The van der Waals surface area contributed by atoms with Gasteiger partial charge in [0.1, 0.15) is 0 Å². The highest BCUT2D eigenvalue weighted by Gasteiger charge is 2.21. The number of nitrogens with one attached hydrogen (secondary N) is 2. The number of carbonyl (C=O) groups is 1. The molecule has 2 rings (SSSR count). The molecule has 22 heavy (non-hydrogen) atoms. The second-order valence-corrected chi connectivity index (χ2v) is 6.21. The van der Waals surface area contributed by atoms with Crippen molar-refractivity contribution in [1.82, 2.24) is 5.32 Å². The third-order valence-corrected chi connectivity index (χ3v) is 3.69. The molecular formula is C17H26N2O3. The number of rotatable bonds is 8. The van der Waals surface area contributed by atoms with E-state index < -0.39 is 6.10 Å². The van der Waals surface area contributed by atoms with Crippen molar-refractivity contribution in [2.75, 3.05) is 25.1 Å². The summed E-state index contributed by atoms with van der Waals surface area (Å²) in [6, 6.07) is 7.42. The molecule has 1 saturated carbocycles. The molecule has 1 aliphatic carbocycles. The normalized spacial score (nSPS) is 15.6. The Hall–Kier alpha value is -1.59. The van der Waals surface area contributed by atoms with Gasteiger partial charge in [-0.15, -0.1) is 0 Å². The Morgan fingerprint density at radius 3 is 2.77 bits per heavy atom. The predicted octanol–water partition coefficient (Wildman–Crippen LogP) is 2.72. The minimum atomic E-state index is -0.676. The van der Waals surface area contributed by atoms with E-state index in [1.165, 1.54) is 12.8 Å². The van der Waals surface area contributed by atoms with Crippen LogP contribution in [0, 0.1) is 5.92 Å². The standard InChI is InChI=1S/C17H26N2O3/c1-12(2)15-5-3-4-6-16(15)19-17(21)18-9-14(20)11-22-10-13-7-8-13/h3-6,12-14,20H,7-11H2,1-2H3,(H2,18,19,21). The molecule has 1 unspecified atom stereocenters. The summed E-state index contributed by atoms with van der Waals surface area (Å²) < 4.78 is 5.40. The smallest absolute Gasteiger partial charge is 0.319 e. The lowest BCUT2D eigenvalue weighted by Gasteiger charge is -2.16. The van der Waals surface area contributed by atoms with Crippen LogP contribution in [0.15, 0.2) is 24.3 Å². The Morgan fingerprint density at radius 1 is 1.36 bits per heavy atom. The molecule has 2 amide bonds. The number of aliphatic hydroxyl groups is 1. The average Bonchev–Trinajstić information content (AvgIpc) is 3.30. The van der Waals surface area contributed by atoms with E-state index in [1.807, 2.05) is 24.3 Å². The van der Waals surface area contributed by atoms with Crippen LogP contribution in [0.4, 0.5) is 10.5 Å². The first-order valence-corrected chi connectivity index (χ1v) is 7.96. The van der Waals surface area contributed by atoms with Crippen LogP contribution in [0.2, 0.25) is 0 Å². The molecule has 0 spiro atoms. The third kappa shape index (κ3) is 5.66. The Labute approximate surface area is 132 Å². The molecule has 5 nitrogen and oxygen atoms in total. The summed E-state index contributed by atoms with van der Waals surface area (Å²) in [5.74, 6) is 1.01. The maximum absolute atomic E-state index is 11.9. The fourth-order valence-electron chi connectivity index (χ4n) is 2.21. The molecule has 122 valence electrons. The summed E-state index contributed by atoms with van der Waals surface area (Å²) in [6.45, 7) is 5.32. The van der Waals surface area contributed by atoms with E-state index in [0.717, 1.165) is 11.3 Å². The van der Waals surface area contributed by atoms with Gasteiger partial charge in [-0.1, -0.05) is 32.0 Å². The van der Waals surface area contributed by atoms with Crippen LogP contribution < -0.4 is 10.6 Å². The van der Waals surface area contributed by atoms with Gasteiger partial charge in [0, 0.05) is 18.8 Å². The number of hydrogen-bond donors (Lipinski definition) is 3. The average molecular weight is 306 g/mol. The fraction of sp³-hybridized carbons (Fsp3) is 0.588. The number of hydrogen-bond acceptors (Lipinski definition) is 3. The van der Waals surface area contributed by atoms with Gasteiger partial charge in [0.25, 0.3) is 0 Å². The molecule has 1 atom stereocenters. The van der Waals surface area contributed by atoms with Crippen molar-refractivity contribution in [2.45, 2.75) is 38.7 Å². The molecule has 0 radical (unpaired) electrons. The molecule has 3 N–H and O–H groups in total. The van der Waals surface area contributed by atoms with Gasteiger partial charge in [0.15, 0.2) is 0 Å². The quantitative estimate of drug-likeness (QED) is 0.691. The summed E-state index contributed by atoms with van der Waals surface area (Å²) in [5, 5.41) is 15.3. The molecule has 1 aliphatic rings. The van der Waals surface area contributed by atoms with Crippen molar-refractivity contribution >= 4 is 11.7 Å².